The number of hydrogen-bond donors (Lipinski definition) is 2. The van der Waals surface area contributed by atoms with Crippen molar-refractivity contribution in [2.24, 2.45) is 0 Å². The number of fused-ring (bicyclic) bond motifs is 1. The summed E-state index contributed by atoms with van der Waals surface area (Å²) in [5, 5.41) is 0.833. The number of aromatic amines is 1. The van der Waals surface area contributed by atoms with Crippen molar-refractivity contribution in [1.29, 1.82) is 0 Å². The fourth-order valence-electron chi connectivity index (χ4n) is 3.12. The monoisotopic (exact) mass is 417 g/mol. The van der Waals surface area contributed by atoms with Crippen LogP contribution in [0.3, 0.4) is 0 Å². The Balaban J connectivity index is 1.63. The standard InChI is InChI=1S/C20H15ClF3N5/c21-17-2-1-11(7-26-17)3-13-4-12(8-27-18(13)25)5-14-9-28-19-16(14)6-15(10-29-19)20(22,23)24/h1-2,4,6-10H,3,5H2,(H2,25,27)(H,28,29). The lowest BCUT2D eigenvalue weighted by Gasteiger charge is -2.09. The van der Waals surface area contributed by atoms with Gasteiger partial charge in [0.05, 0.1) is 5.56 Å². The topological polar surface area (TPSA) is 80.5 Å². The van der Waals surface area contributed by atoms with Gasteiger partial charge < -0.3 is 10.7 Å². The number of halogens is 4. The molecule has 0 unspecified atom stereocenters. The molecule has 3 N–H and O–H groups in total. The van der Waals surface area contributed by atoms with Crippen LogP contribution >= 0.6 is 11.6 Å². The number of pyridine rings is 3. The van der Waals surface area contributed by atoms with Crippen LogP contribution in [-0.2, 0) is 19.0 Å². The van der Waals surface area contributed by atoms with Crippen LogP contribution in [0.5, 0.6) is 0 Å². The van der Waals surface area contributed by atoms with Crippen LogP contribution in [0.4, 0.5) is 19.0 Å². The Morgan fingerprint density at radius 1 is 0.931 bits per heavy atom. The quantitative estimate of drug-likeness (QED) is 0.468. The Morgan fingerprint density at radius 2 is 1.69 bits per heavy atom. The summed E-state index contributed by atoms with van der Waals surface area (Å²) in [4.78, 5) is 15.1. The summed E-state index contributed by atoms with van der Waals surface area (Å²) in [5.74, 6) is 0.392. The highest BCUT2D eigenvalue weighted by Gasteiger charge is 2.31. The molecule has 4 rings (SSSR count). The van der Waals surface area contributed by atoms with Crippen molar-refractivity contribution in [2.45, 2.75) is 19.0 Å². The summed E-state index contributed by atoms with van der Waals surface area (Å²) < 4.78 is 39.1. The third-order valence-electron chi connectivity index (χ3n) is 4.58. The molecule has 9 heteroatoms. The van der Waals surface area contributed by atoms with E-state index in [1.54, 1.807) is 24.7 Å². The maximum absolute atomic E-state index is 13.0. The number of nitrogen functional groups attached to an aromatic ring is 1. The molecule has 148 valence electrons. The predicted octanol–water partition coefficient (Wildman–Crippen LogP) is 4.79. The minimum absolute atomic E-state index is 0.391. The Hall–Kier alpha value is -3.13. The number of anilines is 1. The van der Waals surface area contributed by atoms with Crippen molar-refractivity contribution in [3.05, 3.63) is 82.0 Å². The predicted molar refractivity (Wildman–Crippen MR) is 105 cm³/mol. The summed E-state index contributed by atoms with van der Waals surface area (Å²) >= 11 is 5.81. The van der Waals surface area contributed by atoms with Gasteiger partial charge in [0.15, 0.2) is 0 Å². The summed E-state index contributed by atoms with van der Waals surface area (Å²) in [5.41, 5.74) is 8.88. The molecule has 0 aliphatic rings. The highest BCUT2D eigenvalue weighted by Crippen LogP contribution is 2.31. The molecule has 0 aromatic carbocycles. The molecule has 0 atom stereocenters. The molecule has 4 aromatic rings. The number of aromatic nitrogens is 4. The number of nitrogens with one attached hydrogen (secondary N) is 1. The molecule has 0 radical (unpaired) electrons. The zero-order valence-corrected chi connectivity index (χ0v) is 15.7. The van der Waals surface area contributed by atoms with Gasteiger partial charge >= 0.3 is 6.18 Å². The number of rotatable bonds is 4. The zero-order valence-electron chi connectivity index (χ0n) is 15.0. The summed E-state index contributed by atoms with van der Waals surface area (Å²) in [6.07, 6.45) is 2.24. The smallest absolute Gasteiger partial charge is 0.383 e. The van der Waals surface area contributed by atoms with E-state index in [4.69, 9.17) is 17.3 Å². The van der Waals surface area contributed by atoms with E-state index in [2.05, 4.69) is 19.9 Å². The van der Waals surface area contributed by atoms with Crippen LogP contribution in [-0.4, -0.2) is 19.9 Å². The SMILES string of the molecule is Nc1ncc(Cc2c[nH]c3ncc(C(F)(F)F)cc23)cc1Cc1ccc(Cl)nc1. The highest BCUT2D eigenvalue weighted by molar-refractivity contribution is 6.29. The zero-order chi connectivity index (χ0) is 20.6. The van der Waals surface area contributed by atoms with Crippen molar-refractivity contribution < 1.29 is 13.2 Å². The van der Waals surface area contributed by atoms with Crippen molar-refractivity contribution in [1.82, 2.24) is 19.9 Å². The minimum Gasteiger partial charge on any atom is -0.383 e. The van der Waals surface area contributed by atoms with Gasteiger partial charge in [-0.25, -0.2) is 15.0 Å². The van der Waals surface area contributed by atoms with E-state index in [0.717, 1.165) is 29.0 Å². The van der Waals surface area contributed by atoms with E-state index in [1.165, 1.54) is 0 Å². The molecule has 0 aliphatic heterocycles. The fourth-order valence-corrected chi connectivity index (χ4v) is 3.23. The van der Waals surface area contributed by atoms with Gasteiger partial charge in [-0.2, -0.15) is 13.2 Å². The largest absolute Gasteiger partial charge is 0.417 e. The Labute approximate surface area is 168 Å². The molecule has 0 aliphatic carbocycles. The maximum Gasteiger partial charge on any atom is 0.417 e. The van der Waals surface area contributed by atoms with Gasteiger partial charge in [-0.15, -0.1) is 0 Å². The molecular weight excluding hydrogens is 403 g/mol. The van der Waals surface area contributed by atoms with Gasteiger partial charge in [-0.05, 0) is 40.5 Å². The second-order valence-corrected chi connectivity index (χ2v) is 7.05. The first-order valence-electron chi connectivity index (χ1n) is 8.66. The Morgan fingerprint density at radius 3 is 2.41 bits per heavy atom. The molecule has 0 saturated heterocycles. The second kappa shape index (κ2) is 7.36. The lowest BCUT2D eigenvalue weighted by atomic mass is 10.0. The minimum atomic E-state index is -4.45. The first-order chi connectivity index (χ1) is 13.8. The van der Waals surface area contributed by atoms with E-state index < -0.39 is 11.7 Å². The molecule has 29 heavy (non-hydrogen) atoms. The van der Waals surface area contributed by atoms with Crippen LogP contribution in [0, 0.1) is 0 Å². The summed E-state index contributed by atoms with van der Waals surface area (Å²) in [7, 11) is 0. The first-order valence-corrected chi connectivity index (χ1v) is 9.04. The molecule has 0 saturated carbocycles. The van der Waals surface area contributed by atoms with Crippen LogP contribution in [0.25, 0.3) is 11.0 Å². The highest BCUT2D eigenvalue weighted by atomic mass is 35.5. The van der Waals surface area contributed by atoms with Gasteiger partial charge in [0, 0.05) is 43.0 Å². The van der Waals surface area contributed by atoms with E-state index in [9.17, 15) is 13.2 Å². The Kier molecular flexibility index (Phi) is 4.87. The fraction of sp³-hybridized carbons (Fsp3) is 0.150. The van der Waals surface area contributed by atoms with Gasteiger partial charge in [0.1, 0.15) is 16.6 Å². The van der Waals surface area contributed by atoms with Crippen LogP contribution < -0.4 is 5.73 Å². The van der Waals surface area contributed by atoms with Gasteiger partial charge in [0.25, 0.3) is 0 Å². The van der Waals surface area contributed by atoms with E-state index in [1.807, 2.05) is 12.1 Å². The average molecular weight is 418 g/mol. The van der Waals surface area contributed by atoms with Crippen LogP contribution in [0.1, 0.15) is 27.8 Å². The van der Waals surface area contributed by atoms with Crippen molar-refractivity contribution in [3.63, 3.8) is 0 Å². The number of hydrogen-bond acceptors (Lipinski definition) is 4. The molecule has 5 nitrogen and oxygen atoms in total. The lowest BCUT2D eigenvalue weighted by Crippen LogP contribution is -2.05. The third-order valence-corrected chi connectivity index (χ3v) is 4.80. The van der Waals surface area contributed by atoms with Gasteiger partial charge in [0.2, 0.25) is 0 Å². The third kappa shape index (κ3) is 4.17. The second-order valence-electron chi connectivity index (χ2n) is 6.66. The molecular formula is C20H15ClF3N5. The summed E-state index contributed by atoms with van der Waals surface area (Å²) in [6.45, 7) is 0. The molecule has 0 spiro atoms. The maximum atomic E-state index is 13.0. The molecule has 4 aromatic heterocycles. The number of nitrogens with zero attached hydrogens (tertiary/aromatic N) is 3. The van der Waals surface area contributed by atoms with Crippen molar-refractivity contribution in [3.8, 4) is 0 Å². The van der Waals surface area contributed by atoms with Crippen LogP contribution in [0.2, 0.25) is 5.15 Å². The van der Waals surface area contributed by atoms with Crippen molar-refractivity contribution >= 4 is 28.5 Å². The number of H-pyrrole nitrogens is 1. The molecule has 0 bridgehead atoms. The van der Waals surface area contributed by atoms with E-state index in [0.29, 0.717) is 40.4 Å². The normalized spacial score (nSPS) is 11.9. The summed E-state index contributed by atoms with van der Waals surface area (Å²) in [6, 6.07) is 6.56. The van der Waals surface area contributed by atoms with E-state index >= 15 is 0 Å². The average Bonchev–Trinajstić information content (AvgIpc) is 3.08. The van der Waals surface area contributed by atoms with Gasteiger partial charge in [-0.3, -0.25) is 0 Å². The molecule has 4 heterocycles. The van der Waals surface area contributed by atoms with Crippen molar-refractivity contribution in [2.75, 3.05) is 5.73 Å². The van der Waals surface area contributed by atoms with E-state index in [-0.39, 0.29) is 0 Å². The lowest BCUT2D eigenvalue weighted by molar-refractivity contribution is -0.137. The number of alkyl halides is 3. The molecule has 0 amide bonds. The molecule has 0 fully saturated rings. The Bertz CT molecular complexity index is 1170. The van der Waals surface area contributed by atoms with Gasteiger partial charge in [-0.1, -0.05) is 17.7 Å². The number of nitrogens with two attached hydrogens (primary N) is 1. The first kappa shape index (κ1) is 19.2. The van der Waals surface area contributed by atoms with Crippen LogP contribution in [0.15, 0.2) is 49.1 Å².